The molecule has 2 heterocycles. The zero-order valence-electron chi connectivity index (χ0n) is 17.7. The first-order chi connectivity index (χ1) is 15.3. The van der Waals surface area contributed by atoms with E-state index in [2.05, 4.69) is 41.0 Å². The first-order valence-corrected chi connectivity index (χ1v) is 12.6. The second-order valence-corrected chi connectivity index (χ2v) is 11.3. The van der Waals surface area contributed by atoms with Crippen molar-refractivity contribution in [3.8, 4) is 5.75 Å². The number of ether oxygens (including phenoxy) is 1. The average molecular weight is 490 g/mol. The fourth-order valence-corrected chi connectivity index (χ4v) is 4.97. The minimum Gasteiger partial charge on any atom is -0.490 e. The summed E-state index contributed by atoms with van der Waals surface area (Å²) >= 11 is 3.26. The molecule has 0 bridgehead atoms. The van der Waals surface area contributed by atoms with E-state index in [9.17, 15) is 4.57 Å². The van der Waals surface area contributed by atoms with E-state index in [1.165, 1.54) is 6.33 Å². The fraction of sp³-hybridized carbons (Fsp3) is 0.286. The van der Waals surface area contributed by atoms with E-state index in [1.54, 1.807) is 23.1 Å². The molecule has 2 aromatic carbocycles. The third kappa shape index (κ3) is 5.70. The lowest BCUT2D eigenvalue weighted by Crippen LogP contribution is -2.09. The van der Waals surface area contributed by atoms with E-state index in [0.29, 0.717) is 11.6 Å². The van der Waals surface area contributed by atoms with Crippen molar-refractivity contribution in [1.29, 1.82) is 0 Å². The summed E-state index contributed by atoms with van der Waals surface area (Å²) in [5.74, 6) is 1.33. The van der Waals surface area contributed by atoms with Crippen LogP contribution in [0.5, 0.6) is 5.75 Å². The van der Waals surface area contributed by atoms with Crippen LogP contribution in [0, 0.1) is 0 Å². The van der Waals surface area contributed by atoms with Gasteiger partial charge in [0.05, 0.1) is 26.1 Å². The van der Waals surface area contributed by atoms with Crippen molar-refractivity contribution in [1.82, 2.24) is 15.0 Å². The first-order valence-electron chi connectivity index (χ1n) is 9.78. The van der Waals surface area contributed by atoms with E-state index in [-0.39, 0.29) is 18.0 Å². The number of thiazole rings is 1. The van der Waals surface area contributed by atoms with E-state index in [1.807, 2.05) is 35.8 Å². The van der Waals surface area contributed by atoms with Gasteiger partial charge >= 0.3 is 8.25 Å². The summed E-state index contributed by atoms with van der Waals surface area (Å²) in [5.41, 5.74) is 4.38. The maximum absolute atomic E-state index is 10.7. The van der Waals surface area contributed by atoms with Crippen molar-refractivity contribution in [2.45, 2.75) is 30.4 Å². The van der Waals surface area contributed by atoms with E-state index < -0.39 is 8.25 Å². The highest BCUT2D eigenvalue weighted by atomic mass is 32.2. The number of thioether (sulfide) groups is 1. The lowest BCUT2D eigenvalue weighted by atomic mass is 10.2. The van der Waals surface area contributed by atoms with Gasteiger partial charge in [-0.15, -0.1) is 32.5 Å². The van der Waals surface area contributed by atoms with Crippen LogP contribution in [0.4, 0.5) is 11.5 Å². The maximum Gasteiger partial charge on any atom is 0.694 e. The monoisotopic (exact) mass is 489 g/mol. The number of benzene rings is 2. The molecule has 0 radical (unpaired) electrons. The summed E-state index contributed by atoms with van der Waals surface area (Å²) in [5, 5.41) is 4.25. The minimum atomic E-state index is -2.64. The predicted molar refractivity (Wildman–Crippen MR) is 129 cm³/mol. The largest absolute Gasteiger partial charge is 0.694 e. The minimum absolute atomic E-state index is 0.0129. The Hall–Kier alpha value is -2.36. The molecule has 0 saturated heterocycles. The number of rotatable bonds is 8. The lowest BCUT2D eigenvalue weighted by Gasteiger charge is -2.21. The van der Waals surface area contributed by atoms with Crippen LogP contribution in [0.25, 0.3) is 21.1 Å². The Morgan fingerprint density at radius 3 is 2.75 bits per heavy atom. The molecule has 1 atom stereocenters. The van der Waals surface area contributed by atoms with Gasteiger partial charge in [0, 0.05) is 26.5 Å². The smallest absolute Gasteiger partial charge is 0.490 e. The van der Waals surface area contributed by atoms with Crippen LogP contribution >= 0.6 is 31.4 Å². The van der Waals surface area contributed by atoms with Gasteiger partial charge in [-0.1, -0.05) is 20.8 Å². The van der Waals surface area contributed by atoms with Gasteiger partial charge in [0.2, 0.25) is 0 Å². The van der Waals surface area contributed by atoms with Crippen LogP contribution in [0.15, 0.2) is 47.1 Å². The molecular weight excluding hydrogens is 467 g/mol. The Balaban J connectivity index is 1.68. The molecule has 0 amide bonds. The summed E-state index contributed by atoms with van der Waals surface area (Å²) in [7, 11) is -2.64. The normalized spacial score (nSPS) is 12.3. The fourth-order valence-electron chi connectivity index (χ4n) is 3.03. The topological polar surface area (TPSA) is 106 Å². The standard InChI is InChI=1S/C21H21N4O4PS2/c1-21(2,3)32-19-9-14-15(10-17(19)28-6-7-29-30(26)27)22-11-23-20(14)25-13-4-5-18-16(8-13)24-12-31-18/h4-5,8-12H,6-7H2,1-3H3,(H-,22,23,25,26,27)/p+1. The highest BCUT2D eigenvalue weighted by Gasteiger charge is 2.19. The molecule has 4 rings (SSSR count). The molecule has 0 aliphatic heterocycles. The van der Waals surface area contributed by atoms with Crippen molar-refractivity contribution in [2.75, 3.05) is 18.5 Å². The SMILES string of the molecule is CC(C)(C)Sc1cc2c(Nc3ccc4scnc4c3)ncnc2cc1OCCO[P+](=O)O. The molecule has 4 aromatic rings. The molecule has 0 spiro atoms. The number of anilines is 2. The molecule has 32 heavy (non-hydrogen) atoms. The van der Waals surface area contributed by atoms with Gasteiger partial charge in [0.15, 0.2) is 0 Å². The van der Waals surface area contributed by atoms with Crippen LogP contribution in [0.3, 0.4) is 0 Å². The van der Waals surface area contributed by atoms with Crippen molar-refractivity contribution in [3.05, 3.63) is 42.2 Å². The quantitative estimate of drug-likeness (QED) is 0.177. The van der Waals surface area contributed by atoms with Crippen molar-refractivity contribution < 1.29 is 18.7 Å². The van der Waals surface area contributed by atoms with Crippen molar-refractivity contribution in [2.24, 2.45) is 0 Å². The number of fused-ring (bicyclic) bond motifs is 2. The molecule has 8 nitrogen and oxygen atoms in total. The molecule has 0 aliphatic rings. The molecule has 2 N–H and O–H groups in total. The second-order valence-electron chi connectivity index (χ2n) is 7.83. The molecule has 0 saturated carbocycles. The van der Waals surface area contributed by atoms with Gasteiger partial charge < -0.3 is 10.1 Å². The third-order valence-electron chi connectivity index (χ3n) is 4.25. The van der Waals surface area contributed by atoms with Gasteiger partial charge in [0.25, 0.3) is 0 Å². The Bertz CT molecular complexity index is 1280. The Kier molecular flexibility index (Phi) is 6.88. The van der Waals surface area contributed by atoms with Crippen LogP contribution in [-0.2, 0) is 9.09 Å². The van der Waals surface area contributed by atoms with E-state index in [0.717, 1.165) is 31.7 Å². The van der Waals surface area contributed by atoms with Crippen LogP contribution in [-0.4, -0.2) is 37.8 Å². The Morgan fingerprint density at radius 1 is 1.12 bits per heavy atom. The summed E-state index contributed by atoms with van der Waals surface area (Å²) < 4.78 is 22.4. The lowest BCUT2D eigenvalue weighted by molar-refractivity contribution is 0.204. The van der Waals surface area contributed by atoms with Crippen LogP contribution in [0.2, 0.25) is 0 Å². The second kappa shape index (κ2) is 9.64. The number of nitrogens with zero attached hydrogens (tertiary/aromatic N) is 3. The van der Waals surface area contributed by atoms with Gasteiger partial charge in [-0.05, 0) is 24.3 Å². The van der Waals surface area contributed by atoms with Gasteiger partial charge in [0.1, 0.15) is 31.1 Å². The summed E-state index contributed by atoms with van der Waals surface area (Å²) in [4.78, 5) is 23.0. The molecule has 0 fully saturated rings. The summed E-state index contributed by atoms with van der Waals surface area (Å²) in [6, 6.07) is 9.90. The first kappa shape index (κ1) is 22.8. The molecule has 2 aromatic heterocycles. The molecule has 0 aliphatic carbocycles. The van der Waals surface area contributed by atoms with Crippen LogP contribution in [0.1, 0.15) is 20.8 Å². The van der Waals surface area contributed by atoms with Gasteiger partial charge in [-0.25, -0.2) is 15.0 Å². The van der Waals surface area contributed by atoms with E-state index >= 15 is 0 Å². The number of nitrogens with one attached hydrogen (secondary N) is 1. The molecule has 166 valence electrons. The number of hydrogen-bond acceptors (Lipinski definition) is 9. The highest BCUT2D eigenvalue weighted by Crippen LogP contribution is 2.41. The Labute approximate surface area is 194 Å². The Morgan fingerprint density at radius 2 is 1.97 bits per heavy atom. The van der Waals surface area contributed by atoms with Gasteiger partial charge in [-0.2, -0.15) is 0 Å². The average Bonchev–Trinajstić information content (AvgIpc) is 3.18. The maximum atomic E-state index is 10.7. The molecule has 11 heteroatoms. The van der Waals surface area contributed by atoms with E-state index in [4.69, 9.17) is 14.2 Å². The summed E-state index contributed by atoms with van der Waals surface area (Å²) in [6.07, 6.45) is 1.51. The number of hydrogen-bond donors (Lipinski definition) is 2. The molecular formula is C21H22N4O4PS2+. The highest BCUT2D eigenvalue weighted by molar-refractivity contribution is 8.00. The van der Waals surface area contributed by atoms with Crippen molar-refractivity contribution >= 4 is 64.0 Å². The van der Waals surface area contributed by atoms with Gasteiger partial charge in [-0.3, -0.25) is 0 Å². The van der Waals surface area contributed by atoms with Crippen molar-refractivity contribution in [3.63, 3.8) is 0 Å². The number of aromatic nitrogens is 3. The zero-order chi connectivity index (χ0) is 22.7. The summed E-state index contributed by atoms with van der Waals surface area (Å²) in [6.45, 7) is 6.52. The molecule has 1 unspecified atom stereocenters. The third-order valence-corrected chi connectivity index (χ3v) is 6.62. The predicted octanol–water partition coefficient (Wildman–Crippen LogP) is 5.92. The zero-order valence-corrected chi connectivity index (χ0v) is 20.3. The van der Waals surface area contributed by atoms with Crippen LogP contribution < -0.4 is 10.1 Å².